The van der Waals surface area contributed by atoms with Crippen LogP contribution in [-0.2, 0) is 27.8 Å². The van der Waals surface area contributed by atoms with Crippen LogP contribution >= 0.6 is 0 Å². The summed E-state index contributed by atoms with van der Waals surface area (Å²) >= 11 is 0. The van der Waals surface area contributed by atoms with E-state index < -0.39 is 21.7 Å². The van der Waals surface area contributed by atoms with Crippen LogP contribution < -0.4 is 19.5 Å². The monoisotopic (exact) mass is 535 g/mol. The van der Waals surface area contributed by atoms with Gasteiger partial charge in [-0.05, 0) is 35.9 Å². The predicted octanol–water partition coefficient (Wildman–Crippen LogP) is 4.56. The van der Waals surface area contributed by atoms with E-state index in [2.05, 4.69) is 15.0 Å². The molecule has 10 heteroatoms. The summed E-state index contributed by atoms with van der Waals surface area (Å²) in [5.74, 6) is 0.0688. The van der Waals surface area contributed by atoms with Crippen molar-refractivity contribution in [2.45, 2.75) is 17.9 Å². The van der Waals surface area contributed by atoms with Crippen molar-refractivity contribution in [2.24, 2.45) is 0 Å². The summed E-state index contributed by atoms with van der Waals surface area (Å²) in [4.78, 5) is 16.6. The Morgan fingerprint density at radius 1 is 0.947 bits per heavy atom. The number of ether oxygens (including phenoxy) is 2. The third-order valence-corrected chi connectivity index (χ3v) is 7.22. The molecule has 38 heavy (non-hydrogen) atoms. The maximum Gasteiger partial charge on any atom is 0.241 e. The second-order valence-corrected chi connectivity index (χ2v) is 10.0. The maximum absolute atomic E-state index is 14.0. The number of amides is 1. The summed E-state index contributed by atoms with van der Waals surface area (Å²) in [6.45, 7) is -0.0498. The molecule has 1 aromatic heterocycles. The quantitative estimate of drug-likeness (QED) is 0.308. The number of carbonyl (C=O) groups is 1. The largest absolute Gasteiger partial charge is 0.497 e. The van der Waals surface area contributed by atoms with Gasteiger partial charge in [-0.2, -0.15) is 0 Å². The summed E-state index contributed by atoms with van der Waals surface area (Å²) < 4.78 is 54.2. The summed E-state index contributed by atoms with van der Waals surface area (Å²) in [6.07, 6.45) is 2.94. The first-order valence-corrected chi connectivity index (χ1v) is 13.1. The van der Waals surface area contributed by atoms with Gasteiger partial charge in [0.1, 0.15) is 17.3 Å². The highest BCUT2D eigenvalue weighted by molar-refractivity contribution is 7.89. The van der Waals surface area contributed by atoms with E-state index >= 15 is 0 Å². The Kier molecular flexibility index (Phi) is 8.35. The van der Waals surface area contributed by atoms with E-state index in [0.29, 0.717) is 28.2 Å². The van der Waals surface area contributed by atoms with Crippen LogP contribution in [0.15, 0.2) is 90.1 Å². The van der Waals surface area contributed by atoms with Crippen molar-refractivity contribution in [2.75, 3.05) is 19.5 Å². The van der Waals surface area contributed by atoms with Gasteiger partial charge in [-0.15, -0.1) is 0 Å². The Hall–Kier alpha value is -4.28. The number of nitrogens with zero attached hydrogens (tertiary/aromatic N) is 1. The van der Waals surface area contributed by atoms with Crippen molar-refractivity contribution < 1.29 is 27.1 Å². The molecule has 0 bridgehead atoms. The van der Waals surface area contributed by atoms with Crippen molar-refractivity contribution >= 4 is 21.6 Å². The highest BCUT2D eigenvalue weighted by atomic mass is 32.2. The van der Waals surface area contributed by atoms with Gasteiger partial charge in [0.2, 0.25) is 15.9 Å². The van der Waals surface area contributed by atoms with Crippen LogP contribution in [0.4, 0.5) is 10.1 Å². The molecule has 4 rings (SSSR count). The van der Waals surface area contributed by atoms with Crippen LogP contribution in [0.1, 0.15) is 11.1 Å². The Morgan fingerprint density at radius 2 is 1.76 bits per heavy atom. The van der Waals surface area contributed by atoms with Crippen molar-refractivity contribution in [1.82, 2.24) is 9.71 Å². The van der Waals surface area contributed by atoms with Crippen molar-refractivity contribution in [3.05, 3.63) is 102 Å². The number of nitrogens with one attached hydrogen (secondary N) is 2. The standard InChI is InChI=1S/C28H26FN3O5S/c1-36-23-11-9-21(26(16-23)37-2)18-31-38(34,35)27-15-22(10-12-24(27)20-7-5-13-30-17-20)32-28(33)14-19-6-3-4-8-25(19)29/h3-13,15-17,31H,14,18H2,1-2H3,(H,32,33). The van der Waals surface area contributed by atoms with E-state index in [9.17, 15) is 17.6 Å². The van der Waals surface area contributed by atoms with Crippen LogP contribution in [0.5, 0.6) is 11.5 Å². The zero-order valence-corrected chi connectivity index (χ0v) is 21.6. The molecule has 4 aromatic rings. The average Bonchev–Trinajstić information content (AvgIpc) is 2.93. The number of sulfonamides is 1. The highest BCUT2D eigenvalue weighted by Crippen LogP contribution is 2.31. The second kappa shape index (κ2) is 11.8. The number of anilines is 1. The van der Waals surface area contributed by atoms with E-state index in [1.165, 1.54) is 32.4 Å². The molecule has 0 radical (unpaired) electrons. The van der Waals surface area contributed by atoms with Crippen LogP contribution in [-0.4, -0.2) is 33.5 Å². The highest BCUT2D eigenvalue weighted by Gasteiger charge is 2.22. The van der Waals surface area contributed by atoms with Crippen molar-refractivity contribution in [3.8, 4) is 22.6 Å². The first kappa shape index (κ1) is 26.8. The number of rotatable bonds is 10. The fourth-order valence-corrected chi connectivity index (χ4v) is 5.11. The molecule has 3 aromatic carbocycles. The summed E-state index contributed by atoms with van der Waals surface area (Å²) in [6, 6.07) is 19.1. The van der Waals surface area contributed by atoms with E-state index in [1.54, 1.807) is 67.0 Å². The van der Waals surface area contributed by atoms with Crippen LogP contribution in [0.2, 0.25) is 0 Å². The van der Waals surface area contributed by atoms with Crippen LogP contribution in [0.3, 0.4) is 0 Å². The Morgan fingerprint density at radius 3 is 2.47 bits per heavy atom. The Balaban J connectivity index is 1.63. The third-order valence-electron chi connectivity index (χ3n) is 5.78. The fourth-order valence-electron chi connectivity index (χ4n) is 3.85. The zero-order valence-electron chi connectivity index (χ0n) is 20.8. The van der Waals surface area contributed by atoms with Gasteiger partial charge >= 0.3 is 0 Å². The van der Waals surface area contributed by atoms with E-state index in [-0.39, 0.29) is 29.1 Å². The molecular weight excluding hydrogens is 509 g/mol. The Labute approximate surface area is 220 Å². The van der Waals surface area contributed by atoms with Gasteiger partial charge in [-0.1, -0.05) is 36.4 Å². The molecular formula is C28H26FN3O5S. The molecule has 0 atom stereocenters. The van der Waals surface area contributed by atoms with Gasteiger partial charge in [-0.25, -0.2) is 17.5 Å². The smallest absolute Gasteiger partial charge is 0.241 e. The topological polar surface area (TPSA) is 107 Å². The molecule has 2 N–H and O–H groups in total. The first-order valence-electron chi connectivity index (χ1n) is 11.6. The predicted molar refractivity (Wildman–Crippen MR) is 142 cm³/mol. The molecule has 1 heterocycles. The average molecular weight is 536 g/mol. The van der Waals surface area contributed by atoms with Crippen molar-refractivity contribution in [1.29, 1.82) is 0 Å². The van der Waals surface area contributed by atoms with Crippen LogP contribution in [0, 0.1) is 5.82 Å². The fraction of sp³-hybridized carbons (Fsp3) is 0.143. The zero-order chi connectivity index (χ0) is 27.1. The Bertz CT molecular complexity index is 1550. The molecule has 0 unspecified atom stereocenters. The second-order valence-electron chi connectivity index (χ2n) is 8.27. The molecule has 0 saturated carbocycles. The number of methoxy groups -OCH3 is 2. The molecule has 0 fully saturated rings. The number of pyridine rings is 1. The lowest BCUT2D eigenvalue weighted by Crippen LogP contribution is -2.24. The number of carbonyl (C=O) groups excluding carboxylic acids is 1. The van der Waals surface area contributed by atoms with Gasteiger partial charge in [0.25, 0.3) is 0 Å². The molecule has 0 aliphatic rings. The molecule has 196 valence electrons. The van der Waals surface area contributed by atoms with Gasteiger partial charge < -0.3 is 14.8 Å². The molecule has 0 aliphatic carbocycles. The number of halogens is 1. The molecule has 0 spiro atoms. The normalized spacial score (nSPS) is 11.1. The SMILES string of the molecule is COc1ccc(CNS(=O)(=O)c2cc(NC(=O)Cc3ccccc3F)ccc2-c2cccnc2)c(OC)c1. The van der Waals surface area contributed by atoms with E-state index in [1.807, 2.05) is 0 Å². The number of aromatic nitrogens is 1. The van der Waals surface area contributed by atoms with Crippen LogP contribution in [0.25, 0.3) is 11.1 Å². The summed E-state index contributed by atoms with van der Waals surface area (Å²) in [5.41, 5.74) is 2.08. The van der Waals surface area contributed by atoms with Gasteiger partial charge in [0.15, 0.2) is 0 Å². The number of benzene rings is 3. The van der Waals surface area contributed by atoms with E-state index in [4.69, 9.17) is 9.47 Å². The lowest BCUT2D eigenvalue weighted by molar-refractivity contribution is -0.115. The summed E-state index contributed by atoms with van der Waals surface area (Å²) in [5, 5.41) is 2.67. The van der Waals surface area contributed by atoms with Gasteiger partial charge in [0, 0.05) is 47.4 Å². The van der Waals surface area contributed by atoms with E-state index in [0.717, 1.165) is 0 Å². The minimum absolute atomic E-state index is 0.0498. The first-order chi connectivity index (χ1) is 18.3. The third kappa shape index (κ3) is 6.34. The number of hydrogen-bond donors (Lipinski definition) is 2. The minimum atomic E-state index is -4.08. The molecule has 1 amide bonds. The summed E-state index contributed by atoms with van der Waals surface area (Å²) in [7, 11) is -1.06. The molecule has 8 nitrogen and oxygen atoms in total. The van der Waals surface area contributed by atoms with Crippen molar-refractivity contribution in [3.63, 3.8) is 0 Å². The molecule has 0 aliphatic heterocycles. The van der Waals surface area contributed by atoms with Gasteiger partial charge in [-0.3, -0.25) is 9.78 Å². The lowest BCUT2D eigenvalue weighted by Gasteiger charge is -2.15. The lowest BCUT2D eigenvalue weighted by atomic mass is 10.1. The molecule has 0 saturated heterocycles. The maximum atomic E-state index is 14.0. The number of hydrogen-bond acceptors (Lipinski definition) is 6. The van der Waals surface area contributed by atoms with Gasteiger partial charge in [0.05, 0.1) is 25.5 Å². The minimum Gasteiger partial charge on any atom is -0.497 e.